The number of carbonyl (C=O) groups excluding carboxylic acids is 1. The van der Waals surface area contributed by atoms with Gasteiger partial charge in [0, 0.05) is 24.2 Å². The number of sulfonamides is 2. The Balaban J connectivity index is 1.40. The molecule has 4 atom stereocenters. The van der Waals surface area contributed by atoms with Gasteiger partial charge in [-0.15, -0.1) is 4.40 Å². The van der Waals surface area contributed by atoms with Gasteiger partial charge in [0.15, 0.2) is 5.84 Å². The SMILES string of the molecule is CS(=O)(=O)Nc1ccc2c(c1)S(=O)(=O)N=C(C1=C(O)C3C[C@H]4CCC4C3N(Cc3ccc(F)cc3)C1=O)N2. The Morgan fingerprint density at radius 2 is 1.92 bits per heavy atom. The standard InChI is InChI=1S/C25H25FN4O6S2/c1-37(33,34)28-16-7-9-19-20(11-16)38(35,36)29-24(27-19)21-23(31)18-10-14-4-8-17(14)22(18)30(25(21)32)12-13-2-5-15(26)6-3-13/h2-3,5-7,9,11,14,17-18,22,28,31H,4,8,10,12H2,1H3,(H,27,29)/t14-,17?,18?,22?/m1/s1. The minimum Gasteiger partial charge on any atom is -0.511 e. The van der Waals surface area contributed by atoms with E-state index in [1.165, 1.54) is 24.3 Å². The molecule has 2 heterocycles. The molecule has 6 rings (SSSR count). The fraction of sp³-hybridized carbons (Fsp3) is 0.360. The predicted octanol–water partition coefficient (Wildman–Crippen LogP) is 2.98. The summed E-state index contributed by atoms with van der Waals surface area (Å²) in [5, 5.41) is 14.2. The first-order valence-electron chi connectivity index (χ1n) is 12.1. The fourth-order valence-corrected chi connectivity index (χ4v) is 7.83. The summed E-state index contributed by atoms with van der Waals surface area (Å²) in [6, 6.07) is 9.49. The first-order valence-corrected chi connectivity index (χ1v) is 15.5. The number of nitrogens with one attached hydrogen (secondary N) is 2. The van der Waals surface area contributed by atoms with E-state index in [1.807, 2.05) is 0 Å². The van der Waals surface area contributed by atoms with Gasteiger partial charge in [-0.3, -0.25) is 9.52 Å². The second-order valence-corrected chi connectivity index (χ2v) is 13.6. The Labute approximate surface area is 219 Å². The van der Waals surface area contributed by atoms with Crippen LogP contribution >= 0.6 is 0 Å². The highest BCUT2D eigenvalue weighted by Crippen LogP contribution is 2.55. The van der Waals surface area contributed by atoms with Crippen molar-refractivity contribution in [2.75, 3.05) is 16.3 Å². The van der Waals surface area contributed by atoms with Crippen LogP contribution in [-0.2, 0) is 31.4 Å². The van der Waals surface area contributed by atoms with E-state index in [4.69, 9.17) is 0 Å². The van der Waals surface area contributed by atoms with Gasteiger partial charge >= 0.3 is 0 Å². The Hall–Kier alpha value is -3.45. The second-order valence-electron chi connectivity index (χ2n) is 10.3. The highest BCUT2D eigenvalue weighted by atomic mass is 32.2. The lowest BCUT2D eigenvalue weighted by Crippen LogP contribution is -2.53. The van der Waals surface area contributed by atoms with Crippen molar-refractivity contribution in [1.29, 1.82) is 0 Å². The topological polar surface area (TPSA) is 145 Å². The van der Waals surface area contributed by atoms with Crippen molar-refractivity contribution in [3.05, 3.63) is 65.2 Å². The van der Waals surface area contributed by atoms with Gasteiger partial charge in [-0.05, 0) is 67.0 Å². The molecular formula is C25H25FN4O6S2. The lowest BCUT2D eigenvalue weighted by atomic mass is 9.74. The molecule has 13 heteroatoms. The Morgan fingerprint density at radius 3 is 2.58 bits per heavy atom. The summed E-state index contributed by atoms with van der Waals surface area (Å²) < 4.78 is 69.0. The number of halogens is 1. The average Bonchev–Trinajstić information content (AvgIpc) is 3.07. The van der Waals surface area contributed by atoms with E-state index in [0.29, 0.717) is 17.9 Å². The van der Waals surface area contributed by atoms with Gasteiger partial charge in [-0.2, -0.15) is 8.42 Å². The number of hydrogen-bond acceptors (Lipinski definition) is 7. The third kappa shape index (κ3) is 4.13. The number of rotatable bonds is 5. The van der Waals surface area contributed by atoms with Crippen LogP contribution in [0, 0.1) is 23.6 Å². The summed E-state index contributed by atoms with van der Waals surface area (Å²) in [5.74, 6) is -1.18. The Morgan fingerprint density at radius 1 is 1.18 bits per heavy atom. The maximum absolute atomic E-state index is 13.9. The summed E-state index contributed by atoms with van der Waals surface area (Å²) in [6.07, 6.45) is 3.56. The van der Waals surface area contributed by atoms with Crippen molar-refractivity contribution in [3.8, 4) is 0 Å². The lowest BCUT2D eigenvalue weighted by molar-refractivity contribution is -0.134. The van der Waals surface area contributed by atoms with E-state index in [2.05, 4.69) is 14.4 Å². The highest BCUT2D eigenvalue weighted by molar-refractivity contribution is 7.92. The van der Waals surface area contributed by atoms with E-state index in [-0.39, 0.29) is 57.9 Å². The molecule has 38 heavy (non-hydrogen) atoms. The Bertz CT molecular complexity index is 1640. The zero-order valence-electron chi connectivity index (χ0n) is 20.3. The summed E-state index contributed by atoms with van der Waals surface area (Å²) in [4.78, 5) is 15.3. The molecule has 1 amide bonds. The van der Waals surface area contributed by atoms with Gasteiger partial charge in [0.1, 0.15) is 22.0 Å². The third-order valence-corrected chi connectivity index (χ3v) is 9.78. The van der Waals surface area contributed by atoms with E-state index >= 15 is 0 Å². The number of amides is 1. The zero-order valence-corrected chi connectivity index (χ0v) is 21.9. The molecule has 0 radical (unpaired) electrons. The van der Waals surface area contributed by atoms with Crippen LogP contribution in [0.1, 0.15) is 24.8 Å². The van der Waals surface area contributed by atoms with Gasteiger partial charge in [0.2, 0.25) is 10.0 Å². The quantitative estimate of drug-likeness (QED) is 0.510. The molecule has 2 aliphatic carbocycles. The molecular weight excluding hydrogens is 535 g/mol. The maximum atomic E-state index is 13.9. The molecule has 2 saturated carbocycles. The van der Waals surface area contributed by atoms with Crippen molar-refractivity contribution < 1.29 is 31.1 Å². The van der Waals surface area contributed by atoms with Crippen LogP contribution in [0.3, 0.4) is 0 Å². The van der Waals surface area contributed by atoms with Crippen LogP contribution in [0.2, 0.25) is 0 Å². The summed E-state index contributed by atoms with van der Waals surface area (Å²) in [7, 11) is -7.99. The van der Waals surface area contributed by atoms with E-state index in [9.17, 15) is 31.1 Å². The molecule has 3 N–H and O–H groups in total. The van der Waals surface area contributed by atoms with Crippen molar-refractivity contribution in [2.45, 2.75) is 36.7 Å². The van der Waals surface area contributed by atoms with Crippen molar-refractivity contribution in [3.63, 3.8) is 0 Å². The molecule has 10 nitrogen and oxygen atoms in total. The number of aliphatic hydroxyl groups excluding tert-OH is 1. The lowest BCUT2D eigenvalue weighted by Gasteiger charge is -2.44. The average molecular weight is 561 g/mol. The van der Waals surface area contributed by atoms with Gasteiger partial charge in [-0.25, -0.2) is 12.8 Å². The van der Waals surface area contributed by atoms with Crippen LogP contribution in [-0.4, -0.2) is 50.9 Å². The minimum atomic E-state index is -4.34. The Kier molecular flexibility index (Phi) is 5.58. The molecule has 2 aliphatic heterocycles. The number of anilines is 2. The van der Waals surface area contributed by atoms with Crippen molar-refractivity contribution in [2.24, 2.45) is 22.2 Å². The fourth-order valence-electron chi connectivity index (χ4n) is 6.13. The number of fused-ring (bicyclic) bond motifs is 4. The monoisotopic (exact) mass is 560 g/mol. The normalized spacial score (nSPS) is 27.5. The van der Waals surface area contributed by atoms with Gasteiger partial charge in [0.05, 0.1) is 11.9 Å². The predicted molar refractivity (Wildman–Crippen MR) is 138 cm³/mol. The molecule has 3 unspecified atom stereocenters. The van der Waals surface area contributed by atoms with Crippen LogP contribution in [0.5, 0.6) is 0 Å². The van der Waals surface area contributed by atoms with E-state index in [0.717, 1.165) is 25.2 Å². The third-order valence-electron chi connectivity index (χ3n) is 7.86. The van der Waals surface area contributed by atoms with E-state index in [1.54, 1.807) is 17.0 Å². The smallest absolute Gasteiger partial charge is 0.286 e. The van der Waals surface area contributed by atoms with E-state index < -0.39 is 31.8 Å². The molecule has 2 fully saturated rings. The number of carbonyl (C=O) groups is 1. The van der Waals surface area contributed by atoms with Crippen molar-refractivity contribution in [1.82, 2.24) is 4.90 Å². The molecule has 4 aliphatic rings. The first kappa shape index (κ1) is 24.9. The molecule has 200 valence electrons. The molecule has 0 bridgehead atoms. The van der Waals surface area contributed by atoms with Crippen LogP contribution in [0.15, 0.2) is 63.1 Å². The van der Waals surface area contributed by atoms with Gasteiger partial charge < -0.3 is 15.3 Å². The summed E-state index contributed by atoms with van der Waals surface area (Å²) in [5.41, 5.74) is 0.647. The molecule has 0 aromatic heterocycles. The van der Waals surface area contributed by atoms with Gasteiger partial charge in [-0.1, -0.05) is 12.1 Å². The maximum Gasteiger partial charge on any atom is 0.286 e. The van der Waals surface area contributed by atoms with Crippen LogP contribution < -0.4 is 10.0 Å². The summed E-state index contributed by atoms with van der Waals surface area (Å²) >= 11 is 0. The second kappa shape index (κ2) is 8.53. The van der Waals surface area contributed by atoms with Crippen LogP contribution in [0.4, 0.5) is 15.8 Å². The molecule has 2 aromatic carbocycles. The molecule has 0 spiro atoms. The number of amidine groups is 1. The largest absolute Gasteiger partial charge is 0.511 e. The number of aliphatic hydroxyl groups is 1. The van der Waals surface area contributed by atoms with Crippen LogP contribution in [0.25, 0.3) is 0 Å². The highest BCUT2D eigenvalue weighted by Gasteiger charge is 2.56. The number of nitrogens with zero attached hydrogens (tertiary/aromatic N) is 2. The van der Waals surface area contributed by atoms with Gasteiger partial charge in [0.25, 0.3) is 15.9 Å². The minimum absolute atomic E-state index is 0.0424. The first-order chi connectivity index (χ1) is 17.9. The zero-order chi connectivity index (χ0) is 27.0. The number of benzene rings is 2. The molecule has 2 aromatic rings. The summed E-state index contributed by atoms with van der Waals surface area (Å²) in [6.45, 7) is 0.178. The number of hydrogen-bond donors (Lipinski definition) is 3. The van der Waals surface area contributed by atoms with Crippen molar-refractivity contribution >= 4 is 43.2 Å². The molecule has 0 saturated heterocycles.